The SMILES string of the molecule is Cn1nnc(Br)c1S(=O)(=O)NC1CCCC1CN. The largest absolute Gasteiger partial charge is 0.330 e. The molecule has 7 nitrogen and oxygen atoms in total. The number of aryl methyl sites for hydroxylation is 1. The van der Waals surface area contributed by atoms with Gasteiger partial charge in [-0.2, -0.15) is 0 Å². The number of nitrogens with two attached hydrogens (primary N) is 1. The molecule has 0 amide bonds. The fourth-order valence-electron chi connectivity index (χ4n) is 2.34. The van der Waals surface area contributed by atoms with Crippen LogP contribution in [0.5, 0.6) is 0 Å². The Balaban J connectivity index is 2.23. The van der Waals surface area contributed by atoms with Crippen molar-refractivity contribution in [1.82, 2.24) is 19.7 Å². The molecule has 2 rings (SSSR count). The third-order valence-electron chi connectivity index (χ3n) is 3.26. The topological polar surface area (TPSA) is 103 Å². The minimum atomic E-state index is -3.62. The standard InChI is InChI=1S/C9H16BrN5O2S/c1-15-9(8(10)12-14-15)18(16,17)13-7-4-2-3-6(7)5-11/h6-7,13H,2-5,11H2,1H3. The summed E-state index contributed by atoms with van der Waals surface area (Å²) in [6.07, 6.45) is 2.79. The van der Waals surface area contributed by atoms with E-state index in [0.29, 0.717) is 6.54 Å². The van der Waals surface area contributed by atoms with Crippen molar-refractivity contribution in [1.29, 1.82) is 0 Å². The van der Waals surface area contributed by atoms with E-state index in [1.807, 2.05) is 0 Å². The Morgan fingerprint density at radius 1 is 1.56 bits per heavy atom. The van der Waals surface area contributed by atoms with Crippen molar-refractivity contribution in [2.75, 3.05) is 6.54 Å². The van der Waals surface area contributed by atoms with E-state index in [4.69, 9.17) is 5.73 Å². The molecular formula is C9H16BrN5O2S. The van der Waals surface area contributed by atoms with Gasteiger partial charge in [-0.15, -0.1) is 5.10 Å². The van der Waals surface area contributed by atoms with E-state index in [-0.39, 0.29) is 21.6 Å². The van der Waals surface area contributed by atoms with Gasteiger partial charge < -0.3 is 5.73 Å². The van der Waals surface area contributed by atoms with Crippen LogP contribution in [0, 0.1) is 5.92 Å². The molecule has 0 bridgehead atoms. The van der Waals surface area contributed by atoms with Crippen LogP contribution in [0.25, 0.3) is 0 Å². The first kappa shape index (κ1) is 13.9. The molecular weight excluding hydrogens is 322 g/mol. The minimum Gasteiger partial charge on any atom is -0.330 e. The normalized spacial score (nSPS) is 24.6. The van der Waals surface area contributed by atoms with Crippen molar-refractivity contribution in [3.63, 3.8) is 0 Å². The maximum absolute atomic E-state index is 12.3. The lowest BCUT2D eigenvalue weighted by molar-refractivity contribution is 0.450. The summed E-state index contributed by atoms with van der Waals surface area (Å²) in [5.41, 5.74) is 5.65. The minimum absolute atomic E-state index is 0.0465. The fraction of sp³-hybridized carbons (Fsp3) is 0.778. The summed E-state index contributed by atoms with van der Waals surface area (Å²) in [6, 6.07) is -0.0956. The van der Waals surface area contributed by atoms with E-state index in [9.17, 15) is 8.42 Å². The Kier molecular flexibility index (Phi) is 4.05. The van der Waals surface area contributed by atoms with Crippen molar-refractivity contribution in [2.24, 2.45) is 18.7 Å². The molecule has 0 spiro atoms. The summed E-state index contributed by atoms with van der Waals surface area (Å²) in [6.45, 7) is 0.498. The molecule has 18 heavy (non-hydrogen) atoms. The molecule has 0 radical (unpaired) electrons. The van der Waals surface area contributed by atoms with E-state index in [0.717, 1.165) is 19.3 Å². The Morgan fingerprint density at radius 3 is 2.83 bits per heavy atom. The van der Waals surface area contributed by atoms with E-state index < -0.39 is 10.0 Å². The van der Waals surface area contributed by atoms with E-state index in [2.05, 4.69) is 31.0 Å². The molecule has 3 N–H and O–H groups in total. The quantitative estimate of drug-likeness (QED) is 0.803. The first-order chi connectivity index (χ1) is 8.45. The third-order valence-corrected chi connectivity index (χ3v) is 5.64. The number of rotatable bonds is 4. The van der Waals surface area contributed by atoms with Crippen LogP contribution in [-0.2, 0) is 17.1 Å². The highest BCUT2D eigenvalue weighted by Crippen LogP contribution is 2.27. The Morgan fingerprint density at radius 2 is 2.28 bits per heavy atom. The predicted molar refractivity (Wildman–Crippen MR) is 69.2 cm³/mol. The van der Waals surface area contributed by atoms with Gasteiger partial charge in [-0.05, 0) is 41.2 Å². The molecule has 1 aromatic rings. The maximum Gasteiger partial charge on any atom is 0.260 e. The van der Waals surface area contributed by atoms with Crippen LogP contribution >= 0.6 is 15.9 Å². The number of hydrogen-bond donors (Lipinski definition) is 2. The summed E-state index contributed by atoms with van der Waals surface area (Å²) in [5, 5.41) is 7.40. The lowest BCUT2D eigenvalue weighted by atomic mass is 10.1. The Bertz CT molecular complexity index is 510. The molecule has 1 aromatic heterocycles. The van der Waals surface area contributed by atoms with Crippen LogP contribution < -0.4 is 10.5 Å². The predicted octanol–water partition coefficient (Wildman–Crippen LogP) is -0.0167. The summed E-state index contributed by atoms with van der Waals surface area (Å²) < 4.78 is 28.7. The molecule has 2 unspecified atom stereocenters. The monoisotopic (exact) mass is 337 g/mol. The molecule has 1 saturated carbocycles. The first-order valence-corrected chi connectivity index (χ1v) is 8.01. The smallest absolute Gasteiger partial charge is 0.260 e. The summed E-state index contributed by atoms with van der Waals surface area (Å²) >= 11 is 3.10. The van der Waals surface area contributed by atoms with Crippen molar-refractivity contribution >= 4 is 26.0 Å². The third kappa shape index (κ3) is 2.58. The maximum atomic E-state index is 12.3. The van der Waals surface area contributed by atoms with Gasteiger partial charge >= 0.3 is 0 Å². The van der Waals surface area contributed by atoms with Crippen LogP contribution in [0.15, 0.2) is 9.63 Å². The molecule has 1 heterocycles. The number of sulfonamides is 1. The second-order valence-corrected chi connectivity index (χ2v) is 6.84. The lowest BCUT2D eigenvalue weighted by Crippen LogP contribution is -2.40. The lowest BCUT2D eigenvalue weighted by Gasteiger charge is -2.19. The average Bonchev–Trinajstić information content (AvgIpc) is 2.85. The second kappa shape index (κ2) is 5.24. The van der Waals surface area contributed by atoms with Crippen LogP contribution in [0.4, 0.5) is 0 Å². The molecule has 1 aliphatic rings. The molecule has 1 aliphatic carbocycles. The average molecular weight is 338 g/mol. The number of nitrogens with zero attached hydrogens (tertiary/aromatic N) is 3. The first-order valence-electron chi connectivity index (χ1n) is 5.73. The molecule has 9 heteroatoms. The summed E-state index contributed by atoms with van der Waals surface area (Å²) in [7, 11) is -2.08. The van der Waals surface area contributed by atoms with Gasteiger partial charge in [0.05, 0.1) is 0 Å². The van der Waals surface area contributed by atoms with E-state index >= 15 is 0 Å². The number of nitrogens with one attached hydrogen (secondary N) is 1. The van der Waals surface area contributed by atoms with E-state index in [1.54, 1.807) is 7.05 Å². The molecule has 0 aromatic carbocycles. The van der Waals surface area contributed by atoms with Crippen molar-refractivity contribution < 1.29 is 8.42 Å². The molecule has 2 atom stereocenters. The van der Waals surface area contributed by atoms with Gasteiger partial charge in [0.15, 0.2) is 4.60 Å². The van der Waals surface area contributed by atoms with Crippen LogP contribution in [0.1, 0.15) is 19.3 Å². The highest BCUT2D eigenvalue weighted by molar-refractivity contribution is 9.10. The van der Waals surface area contributed by atoms with Gasteiger partial charge in [0.25, 0.3) is 10.0 Å². The molecule has 1 fully saturated rings. The number of hydrogen-bond acceptors (Lipinski definition) is 5. The Labute approximate surface area is 114 Å². The van der Waals surface area contributed by atoms with Gasteiger partial charge in [0.2, 0.25) is 5.03 Å². The zero-order valence-electron chi connectivity index (χ0n) is 10.0. The van der Waals surface area contributed by atoms with Crippen LogP contribution in [0.2, 0.25) is 0 Å². The van der Waals surface area contributed by atoms with Gasteiger partial charge in [0, 0.05) is 13.1 Å². The highest BCUT2D eigenvalue weighted by atomic mass is 79.9. The number of halogens is 1. The molecule has 0 saturated heterocycles. The van der Waals surface area contributed by atoms with Gasteiger partial charge in [-0.3, -0.25) is 0 Å². The van der Waals surface area contributed by atoms with Crippen LogP contribution in [-0.4, -0.2) is 36.0 Å². The van der Waals surface area contributed by atoms with Gasteiger partial charge in [-0.25, -0.2) is 17.8 Å². The Hall–Kier alpha value is -0.510. The molecule has 0 aliphatic heterocycles. The van der Waals surface area contributed by atoms with Crippen molar-refractivity contribution in [2.45, 2.75) is 30.3 Å². The zero-order chi connectivity index (χ0) is 13.3. The fourth-order valence-corrected chi connectivity index (χ4v) is 4.77. The van der Waals surface area contributed by atoms with Crippen LogP contribution in [0.3, 0.4) is 0 Å². The molecule has 102 valence electrons. The zero-order valence-corrected chi connectivity index (χ0v) is 12.4. The number of aromatic nitrogens is 3. The van der Waals surface area contributed by atoms with Crippen molar-refractivity contribution in [3.8, 4) is 0 Å². The summed E-state index contributed by atoms with van der Waals surface area (Å²) in [5.74, 6) is 0.208. The highest BCUT2D eigenvalue weighted by Gasteiger charge is 2.33. The summed E-state index contributed by atoms with van der Waals surface area (Å²) in [4.78, 5) is 0. The second-order valence-electron chi connectivity index (χ2n) is 4.46. The van der Waals surface area contributed by atoms with Crippen molar-refractivity contribution in [3.05, 3.63) is 4.60 Å². The van der Waals surface area contributed by atoms with E-state index in [1.165, 1.54) is 4.68 Å². The van der Waals surface area contributed by atoms with Gasteiger partial charge in [0.1, 0.15) is 0 Å². The van der Waals surface area contributed by atoms with Gasteiger partial charge in [-0.1, -0.05) is 11.6 Å².